The lowest BCUT2D eigenvalue weighted by atomic mass is 10.2. The molecule has 0 aromatic heterocycles. The first-order chi connectivity index (χ1) is 9.53. The van der Waals surface area contributed by atoms with E-state index in [-0.39, 0.29) is 17.0 Å². The molecule has 5 heteroatoms. The third kappa shape index (κ3) is 5.56. The number of nitrogens with one attached hydrogen (secondary N) is 1. The van der Waals surface area contributed by atoms with Crippen LogP contribution in [0.2, 0.25) is 18.1 Å². The molecule has 0 heterocycles. The van der Waals surface area contributed by atoms with Gasteiger partial charge in [0.25, 0.3) is 5.91 Å². The lowest BCUT2D eigenvalue weighted by Crippen LogP contribution is -2.46. The minimum absolute atomic E-state index is 0.0188. The summed E-state index contributed by atoms with van der Waals surface area (Å²) in [5, 5.41) is 3.11. The number of hydrogen-bond acceptors (Lipinski definition) is 2. The van der Waals surface area contributed by atoms with E-state index in [4.69, 9.17) is 4.43 Å². The van der Waals surface area contributed by atoms with Gasteiger partial charge in [0.15, 0.2) is 8.32 Å². The Labute approximate surface area is 137 Å². The molecule has 1 N–H and O–H groups in total. The Morgan fingerprint density at radius 2 is 1.81 bits per heavy atom. The van der Waals surface area contributed by atoms with Crippen LogP contribution in [0.5, 0.6) is 0 Å². The Hall–Kier alpha value is -0.653. The highest BCUT2D eigenvalue weighted by Gasteiger charge is 2.38. The second-order valence-electron chi connectivity index (χ2n) is 6.91. The van der Waals surface area contributed by atoms with Crippen LogP contribution in [-0.4, -0.2) is 26.9 Å². The Balaban J connectivity index is 2.51. The van der Waals surface area contributed by atoms with Crippen LogP contribution >= 0.6 is 15.9 Å². The van der Waals surface area contributed by atoms with Gasteiger partial charge < -0.3 is 9.74 Å². The first-order valence-corrected chi connectivity index (χ1v) is 10.9. The molecule has 3 nitrogen and oxygen atoms in total. The van der Waals surface area contributed by atoms with Gasteiger partial charge in [-0.05, 0) is 49.3 Å². The van der Waals surface area contributed by atoms with Gasteiger partial charge in [-0.2, -0.15) is 0 Å². The average Bonchev–Trinajstić information content (AvgIpc) is 2.35. The van der Waals surface area contributed by atoms with Crippen molar-refractivity contribution in [3.63, 3.8) is 0 Å². The van der Waals surface area contributed by atoms with Gasteiger partial charge in [0.05, 0.1) is 6.10 Å². The number of carbonyl (C=O) groups excluding carboxylic acids is 1. The van der Waals surface area contributed by atoms with Crippen LogP contribution in [-0.2, 0) is 4.43 Å². The minimum Gasteiger partial charge on any atom is -0.412 e. The molecule has 1 aromatic rings. The Morgan fingerprint density at radius 3 is 2.29 bits per heavy atom. The summed E-state index contributed by atoms with van der Waals surface area (Å²) >= 11 is 3.36. The molecule has 0 aliphatic rings. The van der Waals surface area contributed by atoms with Crippen molar-refractivity contribution >= 4 is 30.2 Å². The summed E-state index contributed by atoms with van der Waals surface area (Å²) in [7, 11) is -1.78. The molecule has 118 valence electrons. The van der Waals surface area contributed by atoms with E-state index in [0.29, 0.717) is 12.1 Å². The van der Waals surface area contributed by atoms with Gasteiger partial charge >= 0.3 is 0 Å². The second kappa shape index (κ2) is 7.07. The predicted molar refractivity (Wildman–Crippen MR) is 94.2 cm³/mol. The summed E-state index contributed by atoms with van der Waals surface area (Å²) in [6.45, 7) is 13.6. The normalized spacial score (nSPS) is 13.9. The summed E-state index contributed by atoms with van der Waals surface area (Å²) in [5.74, 6) is -0.0619. The fourth-order valence-corrected chi connectivity index (χ4v) is 3.37. The lowest BCUT2D eigenvalue weighted by molar-refractivity contribution is 0.0927. The predicted octanol–water partition coefficient (Wildman–Crippen LogP) is 4.59. The third-order valence-corrected chi connectivity index (χ3v) is 9.09. The number of rotatable bonds is 5. The maximum atomic E-state index is 12.1. The first-order valence-electron chi connectivity index (χ1n) is 7.24. The molecule has 1 amide bonds. The molecule has 0 saturated heterocycles. The highest BCUT2D eigenvalue weighted by Crippen LogP contribution is 2.37. The van der Waals surface area contributed by atoms with Crippen molar-refractivity contribution < 1.29 is 9.22 Å². The number of amides is 1. The van der Waals surface area contributed by atoms with E-state index < -0.39 is 8.32 Å². The fourth-order valence-electron chi connectivity index (χ4n) is 1.66. The zero-order valence-electron chi connectivity index (χ0n) is 13.8. The zero-order chi connectivity index (χ0) is 16.3. The van der Waals surface area contributed by atoms with Gasteiger partial charge in [0.1, 0.15) is 0 Å². The van der Waals surface area contributed by atoms with Gasteiger partial charge in [-0.1, -0.05) is 36.7 Å². The van der Waals surface area contributed by atoms with Crippen LogP contribution in [0.4, 0.5) is 0 Å². The summed E-state index contributed by atoms with van der Waals surface area (Å²) < 4.78 is 7.19. The summed E-state index contributed by atoms with van der Waals surface area (Å²) in [5.41, 5.74) is 0.665. The standard InChI is InChI=1S/C16H26BrNO2Si/c1-12(20-21(5,6)16(2,3)4)11-18-15(19)13-7-9-14(17)10-8-13/h7-10,12H,11H2,1-6H3,(H,18,19)/t12-/m0/s1. The maximum absolute atomic E-state index is 12.1. The van der Waals surface area contributed by atoms with Crippen molar-refractivity contribution in [1.29, 1.82) is 0 Å². The van der Waals surface area contributed by atoms with Crippen LogP contribution in [0.25, 0.3) is 0 Å². The van der Waals surface area contributed by atoms with Crippen molar-refractivity contribution in [2.75, 3.05) is 6.54 Å². The maximum Gasteiger partial charge on any atom is 0.251 e. The molecule has 0 spiro atoms. The average molecular weight is 372 g/mol. The van der Waals surface area contributed by atoms with Gasteiger partial charge in [0.2, 0.25) is 0 Å². The topological polar surface area (TPSA) is 38.3 Å². The van der Waals surface area contributed by atoms with Crippen molar-refractivity contribution in [2.45, 2.75) is 51.9 Å². The van der Waals surface area contributed by atoms with Gasteiger partial charge in [-0.3, -0.25) is 4.79 Å². The summed E-state index contributed by atoms with van der Waals surface area (Å²) in [6, 6.07) is 7.34. The van der Waals surface area contributed by atoms with Crippen molar-refractivity contribution in [3.8, 4) is 0 Å². The molecule has 0 unspecified atom stereocenters. The van der Waals surface area contributed by atoms with Crippen LogP contribution in [0, 0.1) is 0 Å². The SMILES string of the molecule is C[C@@H](CNC(=O)c1ccc(Br)cc1)O[Si](C)(C)C(C)(C)C. The van der Waals surface area contributed by atoms with E-state index in [2.05, 4.69) is 55.1 Å². The molecule has 0 saturated carbocycles. The molecule has 21 heavy (non-hydrogen) atoms. The number of halogens is 1. The number of carbonyl (C=O) groups is 1. The van der Waals surface area contributed by atoms with Crippen molar-refractivity contribution in [3.05, 3.63) is 34.3 Å². The number of hydrogen-bond donors (Lipinski definition) is 1. The zero-order valence-corrected chi connectivity index (χ0v) is 16.4. The molecular formula is C16H26BrNO2Si. The lowest BCUT2D eigenvalue weighted by Gasteiger charge is -2.38. The van der Waals surface area contributed by atoms with Crippen molar-refractivity contribution in [1.82, 2.24) is 5.32 Å². The van der Waals surface area contributed by atoms with E-state index >= 15 is 0 Å². The van der Waals surface area contributed by atoms with E-state index in [0.717, 1.165) is 4.47 Å². The fraction of sp³-hybridized carbons (Fsp3) is 0.562. The minimum atomic E-state index is -1.78. The molecule has 0 aliphatic carbocycles. The highest BCUT2D eigenvalue weighted by atomic mass is 79.9. The van der Waals surface area contributed by atoms with E-state index in [9.17, 15) is 4.79 Å². The van der Waals surface area contributed by atoms with Crippen LogP contribution < -0.4 is 5.32 Å². The Bertz CT molecular complexity index is 480. The molecule has 0 fully saturated rings. The largest absolute Gasteiger partial charge is 0.412 e. The molecular weight excluding hydrogens is 346 g/mol. The third-order valence-electron chi connectivity index (χ3n) is 3.96. The van der Waals surface area contributed by atoms with Gasteiger partial charge in [0, 0.05) is 16.6 Å². The second-order valence-corrected chi connectivity index (χ2v) is 12.6. The first kappa shape index (κ1) is 18.4. The Morgan fingerprint density at radius 1 is 1.29 bits per heavy atom. The smallest absolute Gasteiger partial charge is 0.251 e. The molecule has 0 radical (unpaired) electrons. The van der Waals surface area contributed by atoms with Crippen molar-refractivity contribution in [2.24, 2.45) is 0 Å². The molecule has 1 aromatic carbocycles. The molecule has 1 rings (SSSR count). The highest BCUT2D eigenvalue weighted by molar-refractivity contribution is 9.10. The monoisotopic (exact) mass is 371 g/mol. The number of benzene rings is 1. The quantitative estimate of drug-likeness (QED) is 0.768. The summed E-state index contributed by atoms with van der Waals surface area (Å²) in [4.78, 5) is 12.1. The van der Waals surface area contributed by atoms with Crippen LogP contribution in [0.1, 0.15) is 38.1 Å². The van der Waals surface area contributed by atoms with Crippen LogP contribution in [0.3, 0.4) is 0 Å². The van der Waals surface area contributed by atoms with E-state index in [1.54, 1.807) is 12.1 Å². The van der Waals surface area contributed by atoms with E-state index in [1.807, 2.05) is 19.1 Å². The Kier molecular flexibility index (Phi) is 6.19. The molecule has 0 aliphatic heterocycles. The summed E-state index contributed by atoms with van der Waals surface area (Å²) in [6.07, 6.45) is 0.0188. The molecule has 1 atom stereocenters. The van der Waals surface area contributed by atoms with Gasteiger partial charge in [-0.15, -0.1) is 0 Å². The molecule has 0 bridgehead atoms. The van der Waals surface area contributed by atoms with Crippen LogP contribution in [0.15, 0.2) is 28.7 Å². The van der Waals surface area contributed by atoms with Gasteiger partial charge in [-0.25, -0.2) is 0 Å². The van der Waals surface area contributed by atoms with E-state index in [1.165, 1.54) is 0 Å².